The molecule has 3 nitrogen and oxygen atoms in total. The summed E-state index contributed by atoms with van der Waals surface area (Å²) < 4.78 is 6.31. The quantitative estimate of drug-likeness (QED) is 0.844. The lowest BCUT2D eigenvalue weighted by atomic mass is 10.1. The summed E-state index contributed by atoms with van der Waals surface area (Å²) in [7, 11) is 1.67. The molecule has 4 heteroatoms. The van der Waals surface area contributed by atoms with E-state index in [1.807, 2.05) is 18.2 Å². The number of hydrogen-bond donors (Lipinski definition) is 2. The van der Waals surface area contributed by atoms with Crippen molar-refractivity contribution in [3.8, 4) is 5.75 Å². The van der Waals surface area contributed by atoms with Gasteiger partial charge < -0.3 is 15.2 Å². The summed E-state index contributed by atoms with van der Waals surface area (Å²) in [5.74, 6) is 0.873. The third-order valence-electron chi connectivity index (χ3n) is 2.45. The molecule has 1 aromatic rings. The van der Waals surface area contributed by atoms with E-state index in [9.17, 15) is 0 Å². The maximum Gasteiger partial charge on any atom is 0.124 e. The van der Waals surface area contributed by atoms with Gasteiger partial charge in [-0.25, -0.2) is 0 Å². The highest BCUT2D eigenvalue weighted by molar-refractivity contribution is 9.10. The van der Waals surface area contributed by atoms with Gasteiger partial charge in [0.15, 0.2) is 0 Å². The van der Waals surface area contributed by atoms with Gasteiger partial charge in [0, 0.05) is 29.2 Å². The second kappa shape index (κ2) is 6.89. The van der Waals surface area contributed by atoms with E-state index in [0.717, 1.165) is 28.8 Å². The summed E-state index contributed by atoms with van der Waals surface area (Å²) >= 11 is 3.41. The number of hydrogen-bond acceptors (Lipinski definition) is 3. The molecule has 0 saturated carbocycles. The monoisotopic (exact) mass is 287 g/mol. The second-order valence-corrected chi connectivity index (χ2v) is 4.67. The summed E-state index contributed by atoms with van der Waals surface area (Å²) in [6.45, 7) is 3.02. The smallest absolute Gasteiger partial charge is 0.124 e. The van der Waals surface area contributed by atoms with Gasteiger partial charge >= 0.3 is 0 Å². The van der Waals surface area contributed by atoms with Crippen LogP contribution in [0, 0.1) is 0 Å². The molecule has 0 aromatic heterocycles. The molecule has 1 aromatic carbocycles. The fourth-order valence-corrected chi connectivity index (χ4v) is 1.78. The maximum absolute atomic E-state index is 8.80. The van der Waals surface area contributed by atoms with Crippen LogP contribution in [0.25, 0.3) is 0 Å². The summed E-state index contributed by atoms with van der Waals surface area (Å²) in [6, 6.07) is 6.28. The van der Waals surface area contributed by atoms with Gasteiger partial charge in [0.2, 0.25) is 0 Å². The summed E-state index contributed by atoms with van der Waals surface area (Å²) in [5, 5.41) is 12.1. The van der Waals surface area contributed by atoms with Crippen molar-refractivity contribution in [2.24, 2.45) is 0 Å². The second-order valence-electron chi connectivity index (χ2n) is 3.75. The maximum atomic E-state index is 8.80. The molecule has 2 N–H and O–H groups in total. The Morgan fingerprint density at radius 3 is 2.88 bits per heavy atom. The zero-order valence-corrected chi connectivity index (χ0v) is 11.3. The Morgan fingerprint density at radius 1 is 1.50 bits per heavy atom. The third kappa shape index (κ3) is 4.12. The van der Waals surface area contributed by atoms with Gasteiger partial charge in [-0.1, -0.05) is 22.0 Å². The van der Waals surface area contributed by atoms with Crippen molar-refractivity contribution in [1.29, 1.82) is 0 Å². The predicted molar refractivity (Wildman–Crippen MR) is 68.7 cm³/mol. The van der Waals surface area contributed by atoms with Gasteiger partial charge in [-0.05, 0) is 25.5 Å². The highest BCUT2D eigenvalue weighted by Gasteiger charge is 2.05. The minimum atomic E-state index is 0.214. The Labute approximate surface area is 105 Å². The third-order valence-corrected chi connectivity index (χ3v) is 2.95. The van der Waals surface area contributed by atoms with Crippen molar-refractivity contribution in [1.82, 2.24) is 5.32 Å². The summed E-state index contributed by atoms with van der Waals surface area (Å²) in [4.78, 5) is 0. The average molecular weight is 288 g/mol. The van der Waals surface area contributed by atoms with Crippen molar-refractivity contribution in [2.75, 3.05) is 13.7 Å². The first kappa shape index (κ1) is 13.5. The van der Waals surface area contributed by atoms with E-state index in [1.165, 1.54) is 0 Å². The van der Waals surface area contributed by atoms with Crippen molar-refractivity contribution < 1.29 is 9.84 Å². The van der Waals surface area contributed by atoms with Gasteiger partial charge in [-0.3, -0.25) is 0 Å². The molecule has 90 valence electrons. The molecule has 0 fully saturated rings. The number of rotatable bonds is 6. The van der Waals surface area contributed by atoms with Crippen LogP contribution in [0.5, 0.6) is 5.75 Å². The molecule has 0 saturated heterocycles. The Balaban J connectivity index is 2.59. The van der Waals surface area contributed by atoms with Crippen molar-refractivity contribution >= 4 is 15.9 Å². The van der Waals surface area contributed by atoms with E-state index in [4.69, 9.17) is 9.84 Å². The number of ether oxygens (including phenoxy) is 1. The van der Waals surface area contributed by atoms with E-state index in [-0.39, 0.29) is 6.61 Å². The van der Waals surface area contributed by atoms with Gasteiger partial charge in [0.25, 0.3) is 0 Å². The van der Waals surface area contributed by atoms with E-state index < -0.39 is 0 Å². The first-order valence-corrected chi connectivity index (χ1v) is 6.13. The molecule has 0 heterocycles. The number of aliphatic hydroxyl groups is 1. The van der Waals surface area contributed by atoms with E-state index >= 15 is 0 Å². The molecular formula is C12H18BrNO2. The number of aliphatic hydroxyl groups excluding tert-OH is 1. The molecule has 0 bridgehead atoms. The molecular weight excluding hydrogens is 270 g/mol. The molecule has 1 atom stereocenters. The van der Waals surface area contributed by atoms with Gasteiger partial charge in [-0.2, -0.15) is 0 Å². The van der Waals surface area contributed by atoms with Crippen molar-refractivity contribution in [3.05, 3.63) is 28.2 Å². The van der Waals surface area contributed by atoms with Crippen LogP contribution in [0.4, 0.5) is 0 Å². The lowest BCUT2D eigenvalue weighted by Crippen LogP contribution is -2.26. The molecule has 0 aliphatic rings. The summed E-state index contributed by atoms with van der Waals surface area (Å²) in [6.07, 6.45) is 0.763. The number of halogens is 1. The Hall–Kier alpha value is -0.580. The number of nitrogens with one attached hydrogen (secondary N) is 1. The highest BCUT2D eigenvalue weighted by Crippen LogP contribution is 2.23. The molecule has 1 rings (SSSR count). The SMILES string of the molecule is COc1cc(Br)ccc1CNC(C)CCO. The van der Waals surface area contributed by atoms with Crippen LogP contribution < -0.4 is 10.1 Å². The Morgan fingerprint density at radius 2 is 2.25 bits per heavy atom. The van der Waals surface area contributed by atoms with Crippen LogP contribution in [-0.2, 0) is 6.54 Å². The minimum Gasteiger partial charge on any atom is -0.496 e. The molecule has 0 radical (unpaired) electrons. The zero-order chi connectivity index (χ0) is 12.0. The predicted octanol–water partition coefficient (Wildman–Crippen LogP) is 2.32. The molecule has 16 heavy (non-hydrogen) atoms. The normalized spacial score (nSPS) is 12.5. The lowest BCUT2D eigenvalue weighted by molar-refractivity contribution is 0.268. The standard InChI is InChI=1S/C12H18BrNO2/c1-9(5-6-15)14-8-10-3-4-11(13)7-12(10)16-2/h3-4,7,9,14-15H,5-6,8H2,1-2H3. The molecule has 0 aliphatic heterocycles. The average Bonchev–Trinajstić information content (AvgIpc) is 2.27. The van der Waals surface area contributed by atoms with Gasteiger partial charge in [-0.15, -0.1) is 0 Å². The first-order valence-electron chi connectivity index (χ1n) is 5.34. The van der Waals surface area contributed by atoms with Crippen molar-refractivity contribution in [3.63, 3.8) is 0 Å². The largest absolute Gasteiger partial charge is 0.496 e. The fourth-order valence-electron chi connectivity index (χ4n) is 1.44. The van der Waals surface area contributed by atoms with Crippen LogP contribution in [0.2, 0.25) is 0 Å². The van der Waals surface area contributed by atoms with Crippen LogP contribution >= 0.6 is 15.9 Å². The molecule has 0 spiro atoms. The zero-order valence-electron chi connectivity index (χ0n) is 9.66. The van der Waals surface area contributed by atoms with E-state index in [1.54, 1.807) is 7.11 Å². The minimum absolute atomic E-state index is 0.214. The molecule has 0 aliphatic carbocycles. The summed E-state index contributed by atoms with van der Waals surface area (Å²) in [5.41, 5.74) is 1.12. The highest BCUT2D eigenvalue weighted by atomic mass is 79.9. The Kier molecular flexibility index (Phi) is 5.80. The van der Waals surface area contributed by atoms with Crippen LogP contribution in [0.3, 0.4) is 0 Å². The first-order chi connectivity index (χ1) is 7.67. The van der Waals surface area contributed by atoms with Gasteiger partial charge in [0.05, 0.1) is 7.11 Å². The lowest BCUT2D eigenvalue weighted by Gasteiger charge is -2.14. The van der Waals surface area contributed by atoms with Gasteiger partial charge in [0.1, 0.15) is 5.75 Å². The molecule has 1 unspecified atom stereocenters. The van der Waals surface area contributed by atoms with E-state index in [2.05, 4.69) is 28.2 Å². The fraction of sp³-hybridized carbons (Fsp3) is 0.500. The van der Waals surface area contributed by atoms with Crippen LogP contribution in [0.15, 0.2) is 22.7 Å². The van der Waals surface area contributed by atoms with Crippen LogP contribution in [-0.4, -0.2) is 24.9 Å². The van der Waals surface area contributed by atoms with E-state index in [0.29, 0.717) is 6.04 Å². The Bertz CT molecular complexity index is 331. The van der Waals surface area contributed by atoms with Crippen molar-refractivity contribution in [2.45, 2.75) is 25.9 Å². The molecule has 0 amide bonds. The van der Waals surface area contributed by atoms with Crippen LogP contribution in [0.1, 0.15) is 18.9 Å². The number of benzene rings is 1. The number of methoxy groups -OCH3 is 1. The topological polar surface area (TPSA) is 41.5 Å².